The van der Waals surface area contributed by atoms with Crippen LogP contribution in [0.2, 0.25) is 0 Å². The van der Waals surface area contributed by atoms with Gasteiger partial charge in [-0.05, 0) is 48.4 Å². The molecular formula is C21H21N3O3S. The number of carbonyl (C=O) groups is 1. The molecule has 0 aliphatic carbocycles. The quantitative estimate of drug-likeness (QED) is 0.613. The summed E-state index contributed by atoms with van der Waals surface area (Å²) < 4.78 is 27.3. The summed E-state index contributed by atoms with van der Waals surface area (Å²) in [7, 11) is -3.68. The second-order valence-corrected chi connectivity index (χ2v) is 7.93. The third-order valence-corrected chi connectivity index (χ3v) is 5.56. The second-order valence-electron chi connectivity index (χ2n) is 6.16. The van der Waals surface area contributed by atoms with Gasteiger partial charge in [0.1, 0.15) is 0 Å². The predicted octanol–water partition coefficient (Wildman–Crippen LogP) is 2.53. The minimum atomic E-state index is -3.68. The number of amides is 1. The molecule has 0 radical (unpaired) electrons. The Balaban J connectivity index is 1.55. The first kappa shape index (κ1) is 19.7. The predicted molar refractivity (Wildman–Crippen MR) is 107 cm³/mol. The van der Waals surface area contributed by atoms with E-state index in [1.165, 1.54) is 24.3 Å². The molecule has 1 amide bonds. The molecule has 0 atom stereocenters. The molecule has 0 bridgehead atoms. The molecule has 2 aromatic carbocycles. The average molecular weight is 395 g/mol. The molecule has 144 valence electrons. The molecule has 0 aliphatic rings. The molecule has 3 aromatic rings. The first-order valence-electron chi connectivity index (χ1n) is 8.86. The van der Waals surface area contributed by atoms with Crippen molar-refractivity contribution in [2.75, 3.05) is 6.54 Å². The van der Waals surface area contributed by atoms with Crippen LogP contribution in [0.15, 0.2) is 83.9 Å². The van der Waals surface area contributed by atoms with E-state index in [0.717, 1.165) is 12.0 Å². The van der Waals surface area contributed by atoms with E-state index in [1.54, 1.807) is 24.4 Å². The van der Waals surface area contributed by atoms with Crippen molar-refractivity contribution in [2.24, 2.45) is 0 Å². The number of nitrogens with one attached hydrogen (secondary N) is 2. The van der Waals surface area contributed by atoms with Gasteiger partial charge < -0.3 is 5.32 Å². The first-order chi connectivity index (χ1) is 13.5. The molecule has 0 fully saturated rings. The first-order valence-corrected chi connectivity index (χ1v) is 10.3. The number of pyridine rings is 1. The van der Waals surface area contributed by atoms with E-state index in [1.807, 2.05) is 30.3 Å². The highest BCUT2D eigenvalue weighted by molar-refractivity contribution is 7.89. The van der Waals surface area contributed by atoms with Gasteiger partial charge in [-0.2, -0.15) is 0 Å². The van der Waals surface area contributed by atoms with Crippen LogP contribution in [0.3, 0.4) is 0 Å². The molecule has 0 spiro atoms. The minimum absolute atomic E-state index is 0.101. The van der Waals surface area contributed by atoms with Crippen molar-refractivity contribution < 1.29 is 13.2 Å². The van der Waals surface area contributed by atoms with Crippen molar-refractivity contribution in [1.29, 1.82) is 0 Å². The minimum Gasteiger partial charge on any atom is -0.352 e. The summed E-state index contributed by atoms with van der Waals surface area (Å²) in [5.41, 5.74) is 2.18. The third kappa shape index (κ3) is 5.48. The number of aromatic nitrogens is 1. The summed E-state index contributed by atoms with van der Waals surface area (Å²) in [5, 5.41) is 2.84. The van der Waals surface area contributed by atoms with E-state index < -0.39 is 10.0 Å². The molecule has 0 unspecified atom stereocenters. The monoisotopic (exact) mass is 395 g/mol. The maximum absolute atomic E-state index is 12.4. The van der Waals surface area contributed by atoms with Gasteiger partial charge in [0.15, 0.2) is 0 Å². The van der Waals surface area contributed by atoms with Crippen LogP contribution < -0.4 is 10.0 Å². The van der Waals surface area contributed by atoms with Gasteiger partial charge in [-0.25, -0.2) is 13.1 Å². The Morgan fingerprint density at radius 3 is 2.29 bits per heavy atom. The molecule has 0 aliphatic heterocycles. The molecule has 1 heterocycles. The Morgan fingerprint density at radius 2 is 1.61 bits per heavy atom. The van der Waals surface area contributed by atoms with Crippen LogP contribution in [0.1, 0.15) is 21.6 Å². The number of carbonyl (C=O) groups excluding carboxylic acids is 1. The highest BCUT2D eigenvalue weighted by atomic mass is 32.2. The highest BCUT2D eigenvalue weighted by Gasteiger charge is 2.15. The van der Waals surface area contributed by atoms with Crippen molar-refractivity contribution in [3.8, 4) is 0 Å². The van der Waals surface area contributed by atoms with E-state index in [4.69, 9.17) is 0 Å². The molecular weight excluding hydrogens is 374 g/mol. The lowest BCUT2D eigenvalue weighted by Gasteiger charge is -2.08. The standard InChI is InChI=1S/C21H21N3O3S/c25-21(23-15-13-17-6-2-1-3-7-17)18-9-11-20(12-10-18)28(26,27)24-16-19-8-4-5-14-22-19/h1-12,14,24H,13,15-16H2,(H,23,25). The Kier molecular flexibility index (Phi) is 6.52. The summed E-state index contributed by atoms with van der Waals surface area (Å²) in [5.74, 6) is -0.235. The largest absolute Gasteiger partial charge is 0.352 e. The van der Waals surface area contributed by atoms with Gasteiger partial charge in [-0.3, -0.25) is 9.78 Å². The van der Waals surface area contributed by atoms with Crippen molar-refractivity contribution in [1.82, 2.24) is 15.0 Å². The summed E-state index contributed by atoms with van der Waals surface area (Å²) >= 11 is 0. The molecule has 1 aromatic heterocycles. The van der Waals surface area contributed by atoms with Crippen LogP contribution in [0.5, 0.6) is 0 Å². The number of nitrogens with zero attached hydrogens (tertiary/aromatic N) is 1. The SMILES string of the molecule is O=C(NCCc1ccccc1)c1ccc(S(=O)(=O)NCc2ccccn2)cc1. The van der Waals surface area contributed by atoms with Crippen LogP contribution in [-0.4, -0.2) is 25.9 Å². The maximum Gasteiger partial charge on any atom is 0.251 e. The molecule has 0 saturated carbocycles. The second kappa shape index (κ2) is 9.25. The molecule has 6 nitrogen and oxygen atoms in total. The van der Waals surface area contributed by atoms with E-state index in [2.05, 4.69) is 15.0 Å². The Bertz CT molecular complexity index is 1010. The average Bonchev–Trinajstić information content (AvgIpc) is 2.74. The lowest BCUT2D eigenvalue weighted by molar-refractivity contribution is 0.0954. The number of sulfonamides is 1. The van der Waals surface area contributed by atoms with Gasteiger partial charge in [-0.15, -0.1) is 0 Å². The van der Waals surface area contributed by atoms with Crippen LogP contribution in [-0.2, 0) is 23.0 Å². The number of benzene rings is 2. The Morgan fingerprint density at radius 1 is 0.893 bits per heavy atom. The van der Waals surface area contributed by atoms with Crippen molar-refractivity contribution in [2.45, 2.75) is 17.9 Å². The smallest absolute Gasteiger partial charge is 0.251 e. The molecule has 2 N–H and O–H groups in total. The van der Waals surface area contributed by atoms with Gasteiger partial charge in [0.2, 0.25) is 10.0 Å². The van der Waals surface area contributed by atoms with Gasteiger partial charge in [0.05, 0.1) is 17.1 Å². The topological polar surface area (TPSA) is 88.2 Å². The van der Waals surface area contributed by atoms with Crippen molar-refractivity contribution >= 4 is 15.9 Å². The zero-order valence-corrected chi connectivity index (χ0v) is 16.0. The molecule has 7 heteroatoms. The van der Waals surface area contributed by atoms with E-state index in [-0.39, 0.29) is 17.3 Å². The van der Waals surface area contributed by atoms with Gasteiger partial charge in [0, 0.05) is 18.3 Å². The summed E-state index contributed by atoms with van der Waals surface area (Å²) in [6, 6.07) is 21.0. The third-order valence-electron chi connectivity index (χ3n) is 4.14. The summed E-state index contributed by atoms with van der Waals surface area (Å²) in [6.45, 7) is 0.611. The Labute approximate surface area is 164 Å². The van der Waals surface area contributed by atoms with Crippen molar-refractivity contribution in [3.63, 3.8) is 0 Å². The normalized spacial score (nSPS) is 11.1. The number of hydrogen-bond donors (Lipinski definition) is 2. The molecule has 3 rings (SSSR count). The Hall–Kier alpha value is -3.03. The fourth-order valence-electron chi connectivity index (χ4n) is 2.61. The van der Waals surface area contributed by atoms with Gasteiger partial charge >= 0.3 is 0 Å². The van der Waals surface area contributed by atoms with Crippen LogP contribution in [0.25, 0.3) is 0 Å². The fourth-order valence-corrected chi connectivity index (χ4v) is 3.61. The fraction of sp³-hybridized carbons (Fsp3) is 0.143. The van der Waals surface area contributed by atoms with E-state index in [0.29, 0.717) is 17.8 Å². The van der Waals surface area contributed by atoms with E-state index in [9.17, 15) is 13.2 Å². The number of hydrogen-bond acceptors (Lipinski definition) is 4. The van der Waals surface area contributed by atoms with E-state index >= 15 is 0 Å². The van der Waals surface area contributed by atoms with Crippen LogP contribution in [0, 0.1) is 0 Å². The summed E-state index contributed by atoms with van der Waals surface area (Å²) in [4.78, 5) is 16.4. The zero-order chi connectivity index (χ0) is 19.8. The van der Waals surface area contributed by atoms with Gasteiger partial charge in [0.25, 0.3) is 5.91 Å². The lowest BCUT2D eigenvalue weighted by atomic mass is 10.1. The highest BCUT2D eigenvalue weighted by Crippen LogP contribution is 2.11. The molecule has 0 saturated heterocycles. The van der Waals surface area contributed by atoms with Gasteiger partial charge in [-0.1, -0.05) is 36.4 Å². The number of rotatable bonds is 8. The van der Waals surface area contributed by atoms with Crippen LogP contribution in [0.4, 0.5) is 0 Å². The lowest BCUT2D eigenvalue weighted by Crippen LogP contribution is -2.26. The summed E-state index contributed by atoms with van der Waals surface area (Å²) in [6.07, 6.45) is 2.34. The maximum atomic E-state index is 12.4. The molecule has 28 heavy (non-hydrogen) atoms. The zero-order valence-electron chi connectivity index (χ0n) is 15.2. The van der Waals surface area contributed by atoms with Crippen LogP contribution >= 0.6 is 0 Å². The van der Waals surface area contributed by atoms with Crippen molar-refractivity contribution in [3.05, 3.63) is 95.8 Å².